The Morgan fingerprint density at radius 3 is 2.09 bits per heavy atom. The van der Waals surface area contributed by atoms with Gasteiger partial charge in [-0.1, -0.05) is 0 Å². The number of carbonyl (C=O) groups excluding carboxylic acids is 1. The fourth-order valence-electron chi connectivity index (χ4n) is 1.92. The minimum atomic E-state index is -0.810. The number of nitrogens with zero attached hydrogens (tertiary/aromatic N) is 2. The first-order chi connectivity index (χ1) is 10.8. The average molecular weight is 317 g/mol. The molecule has 0 saturated heterocycles. The highest BCUT2D eigenvalue weighted by molar-refractivity contribution is 6.05. The zero-order valence-electron chi connectivity index (χ0n) is 11.8. The van der Waals surface area contributed by atoms with Crippen molar-refractivity contribution in [3.05, 3.63) is 67.8 Å². The molecule has 0 spiro atoms. The molecule has 2 aromatic carbocycles. The molecule has 118 valence electrons. The number of aryl methyl sites for hydroxylation is 1. The predicted molar refractivity (Wildman–Crippen MR) is 80.5 cm³/mol. The maximum Gasteiger partial charge on any atom is 0.277 e. The number of anilines is 1. The Bertz CT molecular complexity index is 786. The van der Waals surface area contributed by atoms with Gasteiger partial charge < -0.3 is 10.4 Å². The zero-order chi connectivity index (χ0) is 17.1. The highest BCUT2D eigenvalue weighted by Gasteiger charge is 2.20. The van der Waals surface area contributed by atoms with Crippen LogP contribution in [0.1, 0.15) is 15.9 Å². The van der Waals surface area contributed by atoms with Gasteiger partial charge >= 0.3 is 0 Å². The van der Waals surface area contributed by atoms with Crippen LogP contribution in [-0.4, -0.2) is 20.9 Å². The molecule has 0 aromatic heterocycles. The largest absolute Gasteiger partial charge is 0.508 e. The lowest BCUT2D eigenvalue weighted by Gasteiger charge is -2.08. The molecule has 0 atom stereocenters. The van der Waals surface area contributed by atoms with Crippen molar-refractivity contribution in [2.75, 3.05) is 5.32 Å². The number of rotatable bonds is 4. The van der Waals surface area contributed by atoms with Gasteiger partial charge in [0.15, 0.2) is 0 Å². The standard InChI is InChI=1S/C14H11N3O6/c1-8-4-12(18)2-3-13(8)15-14(19)9-5-10(16(20)21)7-11(6-9)17(22)23/h2-7,18H,1H3,(H,15,19). The number of phenols is 1. The first-order valence-electron chi connectivity index (χ1n) is 6.33. The predicted octanol–water partition coefficient (Wildman–Crippen LogP) is 2.77. The molecule has 2 N–H and O–H groups in total. The maximum atomic E-state index is 12.2. The summed E-state index contributed by atoms with van der Waals surface area (Å²) in [5.41, 5.74) is -0.364. The van der Waals surface area contributed by atoms with Gasteiger partial charge in [0.25, 0.3) is 17.3 Å². The van der Waals surface area contributed by atoms with E-state index in [1.54, 1.807) is 6.92 Å². The van der Waals surface area contributed by atoms with E-state index in [0.29, 0.717) is 11.3 Å². The molecule has 0 aliphatic heterocycles. The second kappa shape index (κ2) is 6.10. The summed E-state index contributed by atoms with van der Waals surface area (Å²) in [4.78, 5) is 32.2. The number of benzene rings is 2. The molecule has 2 rings (SSSR count). The number of aromatic hydroxyl groups is 1. The Kier molecular flexibility index (Phi) is 4.21. The molecule has 0 fully saturated rings. The quantitative estimate of drug-likeness (QED) is 0.505. The van der Waals surface area contributed by atoms with Gasteiger partial charge in [-0.2, -0.15) is 0 Å². The Labute approximate surface area is 129 Å². The minimum Gasteiger partial charge on any atom is -0.508 e. The smallest absolute Gasteiger partial charge is 0.277 e. The number of nitrogens with one attached hydrogen (secondary N) is 1. The van der Waals surface area contributed by atoms with E-state index < -0.39 is 27.1 Å². The SMILES string of the molecule is Cc1cc(O)ccc1NC(=O)c1cc([N+](=O)[O-])cc([N+](=O)[O-])c1. The Balaban J connectivity index is 2.38. The van der Waals surface area contributed by atoms with Crippen molar-refractivity contribution in [1.82, 2.24) is 0 Å². The van der Waals surface area contributed by atoms with E-state index in [1.807, 2.05) is 0 Å². The van der Waals surface area contributed by atoms with Gasteiger partial charge in [0.2, 0.25) is 0 Å². The molecule has 0 saturated carbocycles. The van der Waals surface area contributed by atoms with E-state index in [4.69, 9.17) is 0 Å². The monoisotopic (exact) mass is 317 g/mol. The maximum absolute atomic E-state index is 12.2. The number of amides is 1. The van der Waals surface area contributed by atoms with Crippen LogP contribution in [0, 0.1) is 27.2 Å². The van der Waals surface area contributed by atoms with Crippen LogP contribution in [0.5, 0.6) is 5.75 Å². The summed E-state index contributed by atoms with van der Waals surface area (Å²) in [6, 6.07) is 6.93. The van der Waals surface area contributed by atoms with Crippen molar-refractivity contribution < 1.29 is 19.7 Å². The van der Waals surface area contributed by atoms with Crippen LogP contribution < -0.4 is 5.32 Å². The molecule has 0 bridgehead atoms. The molecule has 2 aromatic rings. The fourth-order valence-corrected chi connectivity index (χ4v) is 1.92. The first kappa shape index (κ1) is 15.9. The number of hydrogen-bond donors (Lipinski definition) is 2. The zero-order valence-corrected chi connectivity index (χ0v) is 11.8. The number of carbonyl (C=O) groups is 1. The number of nitro benzene ring substituents is 2. The molecule has 1 amide bonds. The van der Waals surface area contributed by atoms with E-state index in [9.17, 15) is 30.1 Å². The molecule has 0 aliphatic rings. The Morgan fingerprint density at radius 1 is 1.04 bits per heavy atom. The topological polar surface area (TPSA) is 136 Å². The van der Waals surface area contributed by atoms with Crippen LogP contribution >= 0.6 is 0 Å². The molecular weight excluding hydrogens is 306 g/mol. The summed E-state index contributed by atoms with van der Waals surface area (Å²) in [7, 11) is 0. The van der Waals surface area contributed by atoms with Crippen LogP contribution in [0.15, 0.2) is 36.4 Å². The summed E-state index contributed by atoms with van der Waals surface area (Å²) in [6.45, 7) is 1.64. The van der Waals surface area contributed by atoms with Crippen molar-refractivity contribution in [1.29, 1.82) is 0 Å². The Morgan fingerprint density at radius 2 is 1.61 bits per heavy atom. The average Bonchev–Trinajstić information content (AvgIpc) is 2.49. The van der Waals surface area contributed by atoms with Gasteiger partial charge in [0.05, 0.1) is 21.5 Å². The number of nitro groups is 2. The van der Waals surface area contributed by atoms with E-state index in [-0.39, 0.29) is 11.3 Å². The molecule has 9 heteroatoms. The lowest BCUT2D eigenvalue weighted by Crippen LogP contribution is -2.13. The van der Waals surface area contributed by atoms with Gasteiger partial charge in [0, 0.05) is 17.8 Å². The van der Waals surface area contributed by atoms with Crippen molar-refractivity contribution in [3.63, 3.8) is 0 Å². The highest BCUT2D eigenvalue weighted by Crippen LogP contribution is 2.25. The van der Waals surface area contributed by atoms with E-state index in [0.717, 1.165) is 18.2 Å². The van der Waals surface area contributed by atoms with E-state index in [1.165, 1.54) is 18.2 Å². The lowest BCUT2D eigenvalue weighted by atomic mass is 10.1. The van der Waals surface area contributed by atoms with Crippen molar-refractivity contribution in [2.45, 2.75) is 6.92 Å². The molecular formula is C14H11N3O6. The van der Waals surface area contributed by atoms with Gasteiger partial charge in [-0.3, -0.25) is 25.0 Å². The minimum absolute atomic E-state index is 0.0199. The van der Waals surface area contributed by atoms with Crippen LogP contribution in [0.2, 0.25) is 0 Å². The second-order valence-corrected chi connectivity index (χ2v) is 4.71. The number of non-ortho nitro benzene ring substituents is 2. The summed E-state index contributed by atoms with van der Waals surface area (Å²) in [5.74, 6) is -0.711. The molecule has 0 unspecified atom stereocenters. The van der Waals surface area contributed by atoms with Crippen molar-refractivity contribution >= 4 is 23.0 Å². The summed E-state index contributed by atoms with van der Waals surface area (Å²) >= 11 is 0. The van der Waals surface area contributed by atoms with Gasteiger partial charge in [-0.05, 0) is 30.7 Å². The molecule has 0 aliphatic carbocycles. The van der Waals surface area contributed by atoms with E-state index in [2.05, 4.69) is 5.32 Å². The fraction of sp³-hybridized carbons (Fsp3) is 0.0714. The van der Waals surface area contributed by atoms with Gasteiger partial charge in [-0.25, -0.2) is 0 Å². The third kappa shape index (κ3) is 3.59. The summed E-state index contributed by atoms with van der Waals surface area (Å²) in [6.07, 6.45) is 0. The third-order valence-corrected chi connectivity index (χ3v) is 3.04. The van der Waals surface area contributed by atoms with Crippen LogP contribution in [0.25, 0.3) is 0 Å². The van der Waals surface area contributed by atoms with Crippen molar-refractivity contribution in [2.24, 2.45) is 0 Å². The highest BCUT2D eigenvalue weighted by atomic mass is 16.6. The lowest BCUT2D eigenvalue weighted by molar-refractivity contribution is -0.394. The number of hydrogen-bond acceptors (Lipinski definition) is 6. The summed E-state index contributed by atoms with van der Waals surface area (Å²) in [5, 5.41) is 33.5. The Hall–Kier alpha value is -3.49. The molecule has 0 radical (unpaired) electrons. The number of phenolic OH excluding ortho intramolecular Hbond substituents is 1. The second-order valence-electron chi connectivity index (χ2n) is 4.71. The normalized spacial score (nSPS) is 10.1. The van der Waals surface area contributed by atoms with Gasteiger partial charge in [0.1, 0.15) is 5.75 Å². The van der Waals surface area contributed by atoms with Crippen LogP contribution in [0.4, 0.5) is 17.1 Å². The van der Waals surface area contributed by atoms with Crippen LogP contribution in [-0.2, 0) is 0 Å². The molecule has 0 heterocycles. The van der Waals surface area contributed by atoms with E-state index >= 15 is 0 Å². The summed E-state index contributed by atoms with van der Waals surface area (Å²) < 4.78 is 0. The van der Waals surface area contributed by atoms with Gasteiger partial charge in [-0.15, -0.1) is 0 Å². The molecule has 9 nitrogen and oxygen atoms in total. The van der Waals surface area contributed by atoms with Crippen LogP contribution in [0.3, 0.4) is 0 Å². The molecule has 23 heavy (non-hydrogen) atoms. The first-order valence-corrected chi connectivity index (χ1v) is 6.33. The third-order valence-electron chi connectivity index (χ3n) is 3.04. The van der Waals surface area contributed by atoms with Crippen molar-refractivity contribution in [3.8, 4) is 5.75 Å².